The second-order valence-electron chi connectivity index (χ2n) is 8.64. The van der Waals surface area contributed by atoms with Crippen LogP contribution in [0.2, 0.25) is 0 Å². The highest BCUT2D eigenvalue weighted by Gasteiger charge is 2.33. The maximum Gasteiger partial charge on any atom is 0.250 e. The zero-order valence-electron chi connectivity index (χ0n) is 20.1. The van der Waals surface area contributed by atoms with Crippen molar-refractivity contribution in [2.75, 3.05) is 59.7 Å². The molecule has 2 aromatic rings. The van der Waals surface area contributed by atoms with Gasteiger partial charge in [-0.05, 0) is 37.6 Å². The highest BCUT2D eigenvalue weighted by atomic mass is 16.5. The summed E-state index contributed by atoms with van der Waals surface area (Å²) in [5, 5.41) is 0. The summed E-state index contributed by atoms with van der Waals surface area (Å²) >= 11 is 0. The van der Waals surface area contributed by atoms with Gasteiger partial charge >= 0.3 is 0 Å². The molecule has 1 aromatic heterocycles. The van der Waals surface area contributed by atoms with Crippen LogP contribution in [0.15, 0.2) is 34.3 Å². The monoisotopic (exact) mass is 478 g/mol. The van der Waals surface area contributed by atoms with Crippen LogP contribution in [0.1, 0.15) is 33.7 Å². The summed E-state index contributed by atoms with van der Waals surface area (Å²) in [5.74, 6) is 2.22. The molecule has 35 heavy (non-hydrogen) atoms. The Morgan fingerprint density at radius 2 is 1.97 bits per heavy atom. The van der Waals surface area contributed by atoms with Gasteiger partial charge in [0.2, 0.25) is 0 Å². The third-order valence-electron chi connectivity index (χ3n) is 6.41. The SMILES string of the molecule is COc1c(OCCCN2CCOCC2)ccc2c1N=C(c1ccc(C(N)=O)c(C)n1)N1CCN=C21. The Balaban J connectivity index is 1.43. The van der Waals surface area contributed by atoms with Crippen LogP contribution in [0.3, 0.4) is 0 Å². The first-order valence-electron chi connectivity index (χ1n) is 11.9. The number of pyridine rings is 1. The molecule has 1 amide bonds. The van der Waals surface area contributed by atoms with Crippen LogP contribution in [0.5, 0.6) is 11.5 Å². The fourth-order valence-corrected chi connectivity index (χ4v) is 4.64. The number of hydrogen-bond acceptors (Lipinski definition) is 9. The minimum absolute atomic E-state index is 0.395. The lowest BCUT2D eigenvalue weighted by Crippen LogP contribution is -2.38. The van der Waals surface area contributed by atoms with Crippen molar-refractivity contribution in [3.8, 4) is 11.5 Å². The minimum atomic E-state index is -0.502. The smallest absolute Gasteiger partial charge is 0.250 e. The Morgan fingerprint density at radius 3 is 2.71 bits per heavy atom. The number of morpholine rings is 1. The molecule has 0 bridgehead atoms. The number of carbonyl (C=O) groups is 1. The molecule has 0 atom stereocenters. The molecular formula is C25H30N6O4. The van der Waals surface area contributed by atoms with Crippen molar-refractivity contribution in [3.05, 3.63) is 46.8 Å². The highest BCUT2D eigenvalue weighted by molar-refractivity contribution is 6.21. The fraction of sp³-hybridized carbons (Fsp3) is 0.440. The first-order valence-corrected chi connectivity index (χ1v) is 11.9. The first kappa shape index (κ1) is 23.3. The number of aliphatic imine (C=N–C) groups is 2. The van der Waals surface area contributed by atoms with Crippen LogP contribution in [-0.4, -0.2) is 92.0 Å². The number of nitrogens with zero attached hydrogens (tertiary/aromatic N) is 5. The molecule has 4 heterocycles. The Hall–Kier alpha value is -3.50. The van der Waals surface area contributed by atoms with Crippen molar-refractivity contribution in [2.45, 2.75) is 13.3 Å². The van der Waals surface area contributed by atoms with E-state index >= 15 is 0 Å². The molecule has 10 nitrogen and oxygen atoms in total. The average Bonchev–Trinajstić information content (AvgIpc) is 3.36. The molecule has 0 saturated carbocycles. The van der Waals surface area contributed by atoms with E-state index < -0.39 is 5.91 Å². The molecule has 5 rings (SSSR count). The zero-order valence-corrected chi connectivity index (χ0v) is 20.1. The third kappa shape index (κ3) is 4.59. The van der Waals surface area contributed by atoms with Crippen LogP contribution >= 0.6 is 0 Å². The molecule has 1 fully saturated rings. The molecule has 3 aliphatic heterocycles. The zero-order chi connectivity index (χ0) is 24.4. The van der Waals surface area contributed by atoms with E-state index in [9.17, 15) is 4.79 Å². The maximum absolute atomic E-state index is 11.7. The van der Waals surface area contributed by atoms with E-state index in [-0.39, 0.29) is 0 Å². The number of methoxy groups -OCH3 is 1. The lowest BCUT2D eigenvalue weighted by molar-refractivity contribution is 0.0357. The van der Waals surface area contributed by atoms with E-state index in [1.54, 1.807) is 26.2 Å². The van der Waals surface area contributed by atoms with Gasteiger partial charge in [-0.1, -0.05) is 0 Å². The number of nitrogens with two attached hydrogens (primary N) is 1. The number of benzene rings is 1. The standard InChI is InChI=1S/C25H30N6O4/c1-16-17(23(26)32)4-6-19(28-16)25-29-21-18(24-27-8-10-31(24)25)5-7-20(22(21)33-2)35-13-3-9-30-11-14-34-15-12-30/h4-7H,3,8-15H2,1-2H3,(H2,26,32). The lowest BCUT2D eigenvalue weighted by atomic mass is 10.1. The Morgan fingerprint density at radius 1 is 1.14 bits per heavy atom. The molecule has 0 spiro atoms. The summed E-state index contributed by atoms with van der Waals surface area (Å²) in [7, 11) is 1.62. The van der Waals surface area contributed by atoms with Gasteiger partial charge in [-0.25, -0.2) is 9.98 Å². The van der Waals surface area contributed by atoms with E-state index in [1.807, 2.05) is 12.1 Å². The van der Waals surface area contributed by atoms with Crippen molar-refractivity contribution in [1.82, 2.24) is 14.8 Å². The van der Waals surface area contributed by atoms with Crippen molar-refractivity contribution in [3.63, 3.8) is 0 Å². The minimum Gasteiger partial charge on any atom is -0.491 e. The normalized spacial score (nSPS) is 17.4. The van der Waals surface area contributed by atoms with E-state index in [4.69, 9.17) is 29.9 Å². The van der Waals surface area contributed by atoms with Gasteiger partial charge in [0.15, 0.2) is 17.3 Å². The summed E-state index contributed by atoms with van der Waals surface area (Å²) in [6, 6.07) is 7.37. The molecule has 184 valence electrons. The largest absolute Gasteiger partial charge is 0.491 e. The second-order valence-corrected chi connectivity index (χ2v) is 8.64. The maximum atomic E-state index is 11.7. The van der Waals surface area contributed by atoms with Crippen LogP contribution in [0.4, 0.5) is 5.69 Å². The number of primary amides is 1. The number of hydrogen-bond donors (Lipinski definition) is 1. The van der Waals surface area contributed by atoms with Gasteiger partial charge in [-0.3, -0.25) is 14.7 Å². The third-order valence-corrected chi connectivity index (χ3v) is 6.41. The topological polar surface area (TPSA) is 115 Å². The average molecular weight is 479 g/mol. The van der Waals surface area contributed by atoms with Crippen LogP contribution < -0.4 is 15.2 Å². The molecular weight excluding hydrogens is 448 g/mol. The van der Waals surface area contributed by atoms with E-state index in [2.05, 4.69) is 14.8 Å². The number of rotatable bonds is 8. The van der Waals surface area contributed by atoms with Gasteiger partial charge in [0.25, 0.3) is 5.91 Å². The van der Waals surface area contributed by atoms with Crippen molar-refractivity contribution in [1.29, 1.82) is 0 Å². The van der Waals surface area contributed by atoms with Gasteiger partial charge in [-0.15, -0.1) is 0 Å². The number of aromatic nitrogens is 1. The van der Waals surface area contributed by atoms with Gasteiger partial charge in [0.05, 0.1) is 44.7 Å². The number of fused-ring (bicyclic) bond motifs is 3. The lowest BCUT2D eigenvalue weighted by Gasteiger charge is -2.29. The Labute approximate surface area is 204 Å². The molecule has 1 saturated heterocycles. The van der Waals surface area contributed by atoms with Gasteiger partial charge < -0.3 is 24.8 Å². The Kier molecular flexibility index (Phi) is 6.65. The molecule has 10 heteroatoms. The molecule has 1 aromatic carbocycles. The van der Waals surface area contributed by atoms with Gasteiger partial charge in [-0.2, -0.15) is 0 Å². The van der Waals surface area contributed by atoms with Crippen LogP contribution in [0, 0.1) is 6.92 Å². The number of amidine groups is 2. The molecule has 0 radical (unpaired) electrons. The van der Waals surface area contributed by atoms with Gasteiger partial charge in [0.1, 0.15) is 17.2 Å². The first-order chi connectivity index (χ1) is 17.1. The fourth-order valence-electron chi connectivity index (χ4n) is 4.64. The predicted molar refractivity (Wildman–Crippen MR) is 132 cm³/mol. The number of amides is 1. The molecule has 3 aliphatic rings. The number of aryl methyl sites for hydroxylation is 1. The summed E-state index contributed by atoms with van der Waals surface area (Å²) in [6.07, 6.45) is 0.907. The summed E-state index contributed by atoms with van der Waals surface area (Å²) in [4.78, 5) is 30.4. The second kappa shape index (κ2) is 10.0. The summed E-state index contributed by atoms with van der Waals surface area (Å²) in [5.41, 5.74) is 8.63. The van der Waals surface area contributed by atoms with Crippen LogP contribution in [0.25, 0.3) is 0 Å². The predicted octanol–water partition coefficient (Wildman–Crippen LogP) is 1.75. The molecule has 0 aliphatic carbocycles. The van der Waals surface area contributed by atoms with E-state index in [0.717, 1.165) is 50.7 Å². The van der Waals surface area contributed by atoms with Crippen molar-refractivity contribution in [2.24, 2.45) is 15.7 Å². The van der Waals surface area contributed by atoms with Gasteiger partial charge in [0, 0.05) is 31.7 Å². The van der Waals surface area contributed by atoms with E-state index in [1.165, 1.54) is 0 Å². The highest BCUT2D eigenvalue weighted by Crippen LogP contribution is 2.43. The summed E-state index contributed by atoms with van der Waals surface area (Å²) < 4.78 is 17.3. The van der Waals surface area contributed by atoms with Crippen molar-refractivity contribution < 1.29 is 19.0 Å². The number of carbonyl (C=O) groups excluding carboxylic acids is 1. The molecule has 0 unspecified atom stereocenters. The van der Waals surface area contributed by atoms with E-state index in [0.29, 0.717) is 59.7 Å². The number of ether oxygens (including phenoxy) is 3. The molecule has 2 N–H and O–H groups in total. The van der Waals surface area contributed by atoms with Crippen LogP contribution in [-0.2, 0) is 4.74 Å². The van der Waals surface area contributed by atoms with Crippen molar-refractivity contribution >= 4 is 23.3 Å². The summed E-state index contributed by atoms with van der Waals surface area (Å²) in [6.45, 7) is 8.19. The quantitative estimate of drug-likeness (QED) is 0.575. The Bertz CT molecular complexity index is 1190.